The first-order valence-corrected chi connectivity index (χ1v) is 13.1. The van der Waals surface area contributed by atoms with Crippen LogP contribution in [0.3, 0.4) is 0 Å². The van der Waals surface area contributed by atoms with Crippen LogP contribution in [0.1, 0.15) is 18.4 Å². The molecule has 0 spiro atoms. The Morgan fingerprint density at radius 3 is 1.84 bits per heavy atom. The molecule has 0 bridgehead atoms. The van der Waals surface area contributed by atoms with Crippen LogP contribution in [0.4, 0.5) is 5.69 Å². The van der Waals surface area contributed by atoms with Crippen molar-refractivity contribution in [3.05, 3.63) is 54.1 Å². The van der Waals surface area contributed by atoms with E-state index in [0.717, 1.165) is 17.7 Å². The van der Waals surface area contributed by atoms with Gasteiger partial charge in [0.1, 0.15) is 0 Å². The molecule has 0 radical (unpaired) electrons. The van der Waals surface area contributed by atoms with Gasteiger partial charge in [-0.3, -0.25) is 4.79 Å². The molecule has 10 heteroatoms. The van der Waals surface area contributed by atoms with E-state index in [2.05, 4.69) is 0 Å². The first-order valence-electron chi connectivity index (χ1n) is 10.2. The average Bonchev–Trinajstić information content (AvgIpc) is 3.20. The van der Waals surface area contributed by atoms with Gasteiger partial charge in [-0.25, -0.2) is 16.8 Å². The molecule has 31 heavy (non-hydrogen) atoms. The molecule has 166 valence electrons. The number of hydrogen-bond donors (Lipinski definition) is 0. The van der Waals surface area contributed by atoms with E-state index in [9.17, 15) is 21.6 Å². The Hall–Kier alpha value is -2.27. The van der Waals surface area contributed by atoms with Crippen LogP contribution in [0.15, 0.2) is 58.3 Å². The number of anilines is 1. The summed E-state index contributed by atoms with van der Waals surface area (Å²) >= 11 is 0. The number of piperazine rings is 1. The minimum atomic E-state index is -3.76. The van der Waals surface area contributed by atoms with Gasteiger partial charge in [-0.2, -0.15) is 8.61 Å². The fourth-order valence-electron chi connectivity index (χ4n) is 4.04. The van der Waals surface area contributed by atoms with E-state index < -0.39 is 20.0 Å². The Morgan fingerprint density at radius 2 is 1.32 bits per heavy atom. The van der Waals surface area contributed by atoms with Gasteiger partial charge in [0.2, 0.25) is 26.0 Å². The highest BCUT2D eigenvalue weighted by Crippen LogP contribution is 2.29. The number of aryl methyl sites for hydroxylation is 1. The van der Waals surface area contributed by atoms with Crippen molar-refractivity contribution in [3.8, 4) is 0 Å². The third-order valence-electron chi connectivity index (χ3n) is 5.75. The molecule has 2 aliphatic heterocycles. The number of nitrogens with zero attached hydrogens (tertiary/aromatic N) is 3. The Morgan fingerprint density at radius 1 is 0.742 bits per heavy atom. The molecule has 0 unspecified atom stereocenters. The second kappa shape index (κ2) is 8.34. The highest BCUT2D eigenvalue weighted by Gasteiger charge is 2.34. The van der Waals surface area contributed by atoms with Gasteiger partial charge in [-0.05, 0) is 49.2 Å². The highest BCUT2D eigenvalue weighted by atomic mass is 32.2. The molecule has 4 rings (SSSR count). The van der Waals surface area contributed by atoms with E-state index in [0.29, 0.717) is 13.0 Å². The third kappa shape index (κ3) is 4.12. The summed E-state index contributed by atoms with van der Waals surface area (Å²) in [6, 6.07) is 12.9. The van der Waals surface area contributed by atoms with Gasteiger partial charge in [0.05, 0.1) is 9.79 Å². The molecule has 2 aliphatic rings. The van der Waals surface area contributed by atoms with Crippen molar-refractivity contribution in [2.75, 3.05) is 37.6 Å². The Balaban J connectivity index is 1.49. The maximum absolute atomic E-state index is 13.1. The lowest BCUT2D eigenvalue weighted by Gasteiger charge is -2.33. The van der Waals surface area contributed by atoms with Gasteiger partial charge in [-0.1, -0.05) is 18.2 Å². The third-order valence-corrected chi connectivity index (χ3v) is 9.56. The number of hydrogen-bond acceptors (Lipinski definition) is 5. The van der Waals surface area contributed by atoms with Gasteiger partial charge in [0.15, 0.2) is 0 Å². The molecule has 2 fully saturated rings. The van der Waals surface area contributed by atoms with Gasteiger partial charge < -0.3 is 4.90 Å². The molecule has 2 saturated heterocycles. The molecule has 2 heterocycles. The van der Waals surface area contributed by atoms with E-state index in [-0.39, 0.29) is 41.9 Å². The summed E-state index contributed by atoms with van der Waals surface area (Å²) in [5.41, 5.74) is 1.46. The Labute approximate surface area is 183 Å². The van der Waals surface area contributed by atoms with Crippen LogP contribution in [0.25, 0.3) is 0 Å². The molecule has 0 aliphatic carbocycles. The van der Waals surface area contributed by atoms with Crippen LogP contribution in [0, 0.1) is 6.92 Å². The van der Waals surface area contributed by atoms with Crippen molar-refractivity contribution in [3.63, 3.8) is 0 Å². The fraction of sp³-hybridized carbons (Fsp3) is 0.381. The van der Waals surface area contributed by atoms with Crippen molar-refractivity contribution in [2.24, 2.45) is 0 Å². The summed E-state index contributed by atoms with van der Waals surface area (Å²) in [7, 11) is -7.41. The number of sulfonamides is 2. The van der Waals surface area contributed by atoms with Crippen LogP contribution >= 0.6 is 0 Å². The topological polar surface area (TPSA) is 95.1 Å². The van der Waals surface area contributed by atoms with Gasteiger partial charge in [0.25, 0.3) is 0 Å². The monoisotopic (exact) mass is 463 g/mol. The zero-order valence-electron chi connectivity index (χ0n) is 17.3. The smallest absolute Gasteiger partial charge is 0.243 e. The van der Waals surface area contributed by atoms with Crippen molar-refractivity contribution in [2.45, 2.75) is 29.6 Å². The minimum Gasteiger partial charge on any atom is -0.312 e. The predicted octanol–water partition coefficient (Wildman–Crippen LogP) is 1.82. The molecule has 1 amide bonds. The van der Waals surface area contributed by atoms with E-state index >= 15 is 0 Å². The summed E-state index contributed by atoms with van der Waals surface area (Å²) in [5, 5.41) is 0. The number of benzene rings is 2. The summed E-state index contributed by atoms with van der Waals surface area (Å²) in [5.74, 6) is 0.0504. The van der Waals surface area contributed by atoms with Crippen molar-refractivity contribution in [1.29, 1.82) is 0 Å². The zero-order chi connectivity index (χ0) is 22.2. The molecule has 0 N–H and O–H groups in total. The molecule has 0 atom stereocenters. The lowest BCUT2D eigenvalue weighted by molar-refractivity contribution is -0.117. The van der Waals surface area contributed by atoms with Gasteiger partial charge >= 0.3 is 0 Å². The number of rotatable bonds is 5. The van der Waals surface area contributed by atoms with E-state index in [1.807, 2.05) is 0 Å². The summed E-state index contributed by atoms with van der Waals surface area (Å²) in [4.78, 5) is 14.1. The number of amides is 1. The van der Waals surface area contributed by atoms with Crippen LogP contribution < -0.4 is 4.90 Å². The molecule has 2 aromatic carbocycles. The SMILES string of the molecule is Cc1cc(S(=O)(=O)N2CCN(S(=O)(=O)c3ccccc3)CC2)ccc1N1CCCC1=O. The largest absolute Gasteiger partial charge is 0.312 e. The van der Waals surface area contributed by atoms with Gasteiger partial charge in [-0.15, -0.1) is 0 Å². The standard InChI is InChI=1S/C21H25N3O5S2/c1-17-16-19(9-10-20(17)24-11-5-8-21(24)25)31(28,29)23-14-12-22(13-15-23)30(26,27)18-6-3-2-4-7-18/h2-4,6-7,9-10,16H,5,8,11-15H2,1H3. The quantitative estimate of drug-likeness (QED) is 0.674. The van der Waals surface area contributed by atoms with Crippen LogP contribution in [0.2, 0.25) is 0 Å². The van der Waals surface area contributed by atoms with Gasteiger partial charge in [0, 0.05) is 44.8 Å². The minimum absolute atomic E-state index is 0.0504. The van der Waals surface area contributed by atoms with Crippen molar-refractivity contribution in [1.82, 2.24) is 8.61 Å². The summed E-state index contributed by atoms with van der Waals surface area (Å²) in [6.45, 7) is 2.79. The van der Waals surface area contributed by atoms with Crippen LogP contribution in [-0.4, -0.2) is 64.1 Å². The zero-order valence-corrected chi connectivity index (χ0v) is 18.9. The number of carbonyl (C=O) groups is 1. The van der Waals surface area contributed by atoms with Crippen LogP contribution in [-0.2, 0) is 24.8 Å². The lowest BCUT2D eigenvalue weighted by atomic mass is 10.2. The van der Waals surface area contributed by atoms with E-state index in [1.54, 1.807) is 42.2 Å². The summed E-state index contributed by atoms with van der Waals surface area (Å²) in [6.07, 6.45) is 1.31. The molecule has 0 aromatic heterocycles. The molecular weight excluding hydrogens is 438 g/mol. The number of carbonyl (C=O) groups excluding carboxylic acids is 1. The fourth-order valence-corrected chi connectivity index (χ4v) is 6.99. The molecule has 0 saturated carbocycles. The molecular formula is C21H25N3O5S2. The molecule has 8 nitrogen and oxygen atoms in total. The highest BCUT2D eigenvalue weighted by molar-refractivity contribution is 7.89. The Kier molecular flexibility index (Phi) is 5.91. The molecule has 2 aromatic rings. The lowest BCUT2D eigenvalue weighted by Crippen LogP contribution is -2.50. The first kappa shape index (κ1) is 21.9. The summed E-state index contributed by atoms with van der Waals surface area (Å²) < 4.78 is 54.5. The second-order valence-electron chi connectivity index (χ2n) is 7.72. The predicted molar refractivity (Wildman–Crippen MR) is 117 cm³/mol. The van der Waals surface area contributed by atoms with Crippen molar-refractivity contribution >= 4 is 31.6 Å². The normalized spacial score (nSPS) is 19.1. The average molecular weight is 464 g/mol. The maximum Gasteiger partial charge on any atom is 0.243 e. The van der Waals surface area contributed by atoms with Crippen LogP contribution in [0.5, 0.6) is 0 Å². The van der Waals surface area contributed by atoms with Crippen molar-refractivity contribution < 1.29 is 21.6 Å². The Bertz CT molecular complexity index is 1190. The second-order valence-corrected chi connectivity index (χ2v) is 11.6. The van der Waals surface area contributed by atoms with E-state index in [1.165, 1.54) is 26.8 Å². The maximum atomic E-state index is 13.1. The first-order chi connectivity index (χ1) is 14.7. The van der Waals surface area contributed by atoms with E-state index in [4.69, 9.17) is 0 Å².